The van der Waals surface area contributed by atoms with Crippen molar-refractivity contribution in [3.05, 3.63) is 41.4 Å². The van der Waals surface area contributed by atoms with Crippen molar-refractivity contribution >= 4 is 23.2 Å². The summed E-state index contributed by atoms with van der Waals surface area (Å²) in [5.74, 6) is 0.898. The lowest BCUT2D eigenvalue weighted by Crippen LogP contribution is -2.14. The molecule has 0 unspecified atom stereocenters. The van der Waals surface area contributed by atoms with Crippen molar-refractivity contribution in [2.75, 3.05) is 18.5 Å². The fourth-order valence-electron chi connectivity index (χ4n) is 1.89. The van der Waals surface area contributed by atoms with E-state index in [1.54, 1.807) is 18.2 Å². The van der Waals surface area contributed by atoms with E-state index in [4.69, 9.17) is 21.1 Å². The van der Waals surface area contributed by atoms with Gasteiger partial charge in [0.25, 0.3) is 5.91 Å². The molecule has 1 N–H and O–H groups in total. The van der Waals surface area contributed by atoms with Gasteiger partial charge in [-0.25, -0.2) is 4.98 Å². The van der Waals surface area contributed by atoms with Gasteiger partial charge in [-0.1, -0.05) is 11.6 Å². The maximum Gasteiger partial charge on any atom is 0.275 e. The largest absolute Gasteiger partial charge is 0.490 e. The molecule has 0 spiro atoms. The predicted octanol–water partition coefficient (Wildman–Crippen LogP) is 2.54. The van der Waals surface area contributed by atoms with Gasteiger partial charge in [-0.2, -0.15) is 0 Å². The van der Waals surface area contributed by atoms with E-state index in [0.717, 1.165) is 6.42 Å². The quantitative estimate of drug-likeness (QED) is 0.923. The molecule has 3 rings (SSSR count). The molecule has 1 aliphatic rings. The molecule has 2 heterocycles. The highest BCUT2D eigenvalue weighted by atomic mass is 35.5. The smallest absolute Gasteiger partial charge is 0.275 e. The van der Waals surface area contributed by atoms with Crippen molar-refractivity contribution in [2.24, 2.45) is 0 Å². The third-order valence-corrected chi connectivity index (χ3v) is 3.03. The fourth-order valence-corrected chi connectivity index (χ4v) is 2.04. The molecule has 1 amide bonds. The van der Waals surface area contributed by atoms with Gasteiger partial charge in [-0.05, 0) is 12.1 Å². The highest BCUT2D eigenvalue weighted by Gasteiger charge is 2.13. The fraction of sp³-hybridized carbons (Fsp3) is 0.214. The molecule has 0 bridgehead atoms. The molecule has 1 aliphatic heterocycles. The first kappa shape index (κ1) is 13.6. The number of nitrogens with one attached hydrogen (secondary N) is 1. The molecular weight excluding hydrogens is 294 g/mol. The number of ether oxygens (including phenoxy) is 2. The van der Waals surface area contributed by atoms with Crippen LogP contribution >= 0.6 is 11.6 Å². The summed E-state index contributed by atoms with van der Waals surface area (Å²) in [6, 6.07) is 5.22. The van der Waals surface area contributed by atoms with Crippen LogP contribution in [0.3, 0.4) is 0 Å². The van der Waals surface area contributed by atoms with E-state index in [2.05, 4.69) is 15.3 Å². The molecule has 0 radical (unpaired) electrons. The summed E-state index contributed by atoms with van der Waals surface area (Å²) in [6.45, 7) is 1.21. The number of carbonyl (C=O) groups excluding carboxylic acids is 1. The number of rotatable bonds is 2. The summed E-state index contributed by atoms with van der Waals surface area (Å²) in [4.78, 5) is 19.8. The average Bonchev–Trinajstić information content (AvgIpc) is 2.72. The van der Waals surface area contributed by atoms with E-state index >= 15 is 0 Å². The zero-order chi connectivity index (χ0) is 14.7. The first-order valence-electron chi connectivity index (χ1n) is 6.41. The molecule has 2 aromatic rings. The van der Waals surface area contributed by atoms with Crippen molar-refractivity contribution < 1.29 is 14.3 Å². The summed E-state index contributed by atoms with van der Waals surface area (Å²) in [6.07, 6.45) is 3.55. The number of nitrogens with zero attached hydrogens (tertiary/aromatic N) is 2. The Morgan fingerprint density at radius 1 is 1.19 bits per heavy atom. The van der Waals surface area contributed by atoms with Crippen molar-refractivity contribution in [2.45, 2.75) is 6.42 Å². The minimum Gasteiger partial charge on any atom is -0.490 e. The monoisotopic (exact) mass is 305 g/mol. The van der Waals surface area contributed by atoms with Crippen molar-refractivity contribution in [3.8, 4) is 11.5 Å². The van der Waals surface area contributed by atoms with Gasteiger partial charge in [0.1, 0.15) is 10.8 Å². The zero-order valence-corrected chi connectivity index (χ0v) is 11.8. The van der Waals surface area contributed by atoms with Crippen LogP contribution < -0.4 is 14.8 Å². The summed E-state index contributed by atoms with van der Waals surface area (Å²) in [5, 5.41) is 2.89. The van der Waals surface area contributed by atoms with Crippen LogP contribution in [0, 0.1) is 0 Å². The second-order valence-electron chi connectivity index (χ2n) is 4.39. The van der Waals surface area contributed by atoms with Crippen LogP contribution in [-0.2, 0) is 0 Å². The van der Waals surface area contributed by atoms with E-state index in [0.29, 0.717) is 30.4 Å². The first-order valence-corrected chi connectivity index (χ1v) is 6.79. The molecule has 6 nitrogen and oxygen atoms in total. The minimum atomic E-state index is -0.389. The van der Waals surface area contributed by atoms with Gasteiger partial charge >= 0.3 is 0 Å². The Hall–Kier alpha value is -2.34. The second-order valence-corrected chi connectivity index (χ2v) is 4.78. The Bertz CT molecular complexity index is 678. The van der Waals surface area contributed by atoms with Crippen LogP contribution in [0.1, 0.15) is 16.9 Å². The number of anilines is 1. The number of fused-ring (bicyclic) bond motifs is 1. The maximum atomic E-state index is 12.1. The number of benzene rings is 1. The van der Waals surface area contributed by atoms with Gasteiger partial charge in [0.15, 0.2) is 11.5 Å². The number of aromatic nitrogens is 2. The third-order valence-electron chi connectivity index (χ3n) is 2.84. The summed E-state index contributed by atoms with van der Waals surface area (Å²) >= 11 is 5.71. The summed E-state index contributed by atoms with van der Waals surface area (Å²) in [5.41, 5.74) is 0.737. The topological polar surface area (TPSA) is 73.3 Å². The average molecular weight is 306 g/mol. The molecule has 1 aromatic carbocycles. The number of carbonyl (C=O) groups is 1. The minimum absolute atomic E-state index is 0.148. The summed E-state index contributed by atoms with van der Waals surface area (Å²) in [7, 11) is 0. The standard InChI is InChI=1S/C14H12ClN3O3/c15-13-8-16-7-10(18-13)14(19)17-9-2-3-11-12(6-9)21-5-1-4-20-11/h2-3,6-8H,1,4-5H2,(H,17,19). The molecular formula is C14H12ClN3O3. The number of halogens is 1. The van der Waals surface area contributed by atoms with Gasteiger partial charge in [0, 0.05) is 18.2 Å². The van der Waals surface area contributed by atoms with Crippen LogP contribution in [-0.4, -0.2) is 29.1 Å². The maximum absolute atomic E-state index is 12.1. The van der Waals surface area contributed by atoms with E-state index in [1.165, 1.54) is 12.4 Å². The molecule has 21 heavy (non-hydrogen) atoms. The Kier molecular flexibility index (Phi) is 3.87. The van der Waals surface area contributed by atoms with E-state index in [9.17, 15) is 4.79 Å². The highest BCUT2D eigenvalue weighted by molar-refractivity contribution is 6.29. The molecule has 7 heteroatoms. The Balaban J connectivity index is 1.79. The zero-order valence-electron chi connectivity index (χ0n) is 11.0. The van der Waals surface area contributed by atoms with Crippen LogP contribution in [0.4, 0.5) is 5.69 Å². The van der Waals surface area contributed by atoms with E-state index < -0.39 is 0 Å². The molecule has 0 fully saturated rings. The third kappa shape index (κ3) is 3.22. The van der Waals surface area contributed by atoms with Crippen LogP contribution in [0.15, 0.2) is 30.6 Å². The van der Waals surface area contributed by atoms with Crippen molar-refractivity contribution in [3.63, 3.8) is 0 Å². The predicted molar refractivity (Wildman–Crippen MR) is 77.0 cm³/mol. The van der Waals surface area contributed by atoms with Gasteiger partial charge in [0.05, 0.1) is 25.6 Å². The van der Waals surface area contributed by atoms with Crippen molar-refractivity contribution in [1.82, 2.24) is 9.97 Å². The molecule has 0 saturated heterocycles. The van der Waals surface area contributed by atoms with Crippen LogP contribution in [0.25, 0.3) is 0 Å². The lowest BCUT2D eigenvalue weighted by Gasteiger charge is -2.10. The first-order chi connectivity index (χ1) is 10.2. The SMILES string of the molecule is O=C(Nc1ccc2c(c1)OCCCO2)c1cncc(Cl)n1. The van der Waals surface area contributed by atoms with Gasteiger partial charge in [-0.15, -0.1) is 0 Å². The van der Waals surface area contributed by atoms with E-state index in [-0.39, 0.29) is 16.8 Å². The van der Waals surface area contributed by atoms with Gasteiger partial charge in [-0.3, -0.25) is 9.78 Å². The normalized spacial score (nSPS) is 13.4. The molecule has 0 aliphatic carbocycles. The van der Waals surface area contributed by atoms with Gasteiger partial charge < -0.3 is 14.8 Å². The molecule has 1 aromatic heterocycles. The molecule has 0 saturated carbocycles. The summed E-state index contributed by atoms with van der Waals surface area (Å²) < 4.78 is 11.1. The number of hydrogen-bond acceptors (Lipinski definition) is 5. The molecule has 0 atom stereocenters. The van der Waals surface area contributed by atoms with Crippen LogP contribution in [0.5, 0.6) is 11.5 Å². The molecule has 108 valence electrons. The number of amides is 1. The Labute approximate surface area is 126 Å². The van der Waals surface area contributed by atoms with Crippen molar-refractivity contribution in [1.29, 1.82) is 0 Å². The Morgan fingerprint density at radius 3 is 2.81 bits per heavy atom. The van der Waals surface area contributed by atoms with E-state index in [1.807, 2.05) is 0 Å². The van der Waals surface area contributed by atoms with Crippen LogP contribution in [0.2, 0.25) is 5.15 Å². The lowest BCUT2D eigenvalue weighted by atomic mass is 10.2. The lowest BCUT2D eigenvalue weighted by molar-refractivity contribution is 0.102. The highest BCUT2D eigenvalue weighted by Crippen LogP contribution is 2.32. The Morgan fingerprint density at radius 2 is 2.00 bits per heavy atom. The second kappa shape index (κ2) is 5.97. The number of hydrogen-bond donors (Lipinski definition) is 1. The van der Waals surface area contributed by atoms with Gasteiger partial charge in [0.2, 0.25) is 0 Å².